The molecule has 4 N–H and O–H groups in total. The van der Waals surface area contributed by atoms with Gasteiger partial charge in [0.2, 0.25) is 0 Å². The summed E-state index contributed by atoms with van der Waals surface area (Å²) in [5, 5.41) is 5.17. The van der Waals surface area contributed by atoms with E-state index >= 15 is 0 Å². The van der Waals surface area contributed by atoms with Gasteiger partial charge in [-0.1, -0.05) is 25.7 Å². The predicted molar refractivity (Wildman–Crippen MR) is 82.1 cm³/mol. The van der Waals surface area contributed by atoms with Crippen molar-refractivity contribution in [2.75, 3.05) is 5.73 Å². The van der Waals surface area contributed by atoms with Gasteiger partial charge in [0.05, 0.1) is 11.6 Å². The van der Waals surface area contributed by atoms with E-state index in [1.54, 1.807) is 12.4 Å². The molecule has 0 radical (unpaired) electrons. The molecule has 0 bridgehead atoms. The molecule has 0 aliphatic rings. The molecule has 0 aliphatic carbocycles. The van der Waals surface area contributed by atoms with Gasteiger partial charge >= 0.3 is 0 Å². The summed E-state index contributed by atoms with van der Waals surface area (Å²) in [6.07, 6.45) is 7.16. The van der Waals surface area contributed by atoms with Gasteiger partial charge in [-0.05, 0) is 12.3 Å². The highest BCUT2D eigenvalue weighted by atomic mass is 16.1. The molecule has 2 aromatic rings. The van der Waals surface area contributed by atoms with Crippen molar-refractivity contribution in [2.45, 2.75) is 39.2 Å². The fourth-order valence-corrected chi connectivity index (χ4v) is 2.13. The number of nitrogen functional groups attached to an aromatic ring is 1. The average Bonchev–Trinajstić information content (AvgIpc) is 2.85. The van der Waals surface area contributed by atoms with E-state index < -0.39 is 5.91 Å². The summed E-state index contributed by atoms with van der Waals surface area (Å²) < 4.78 is 1.88. The highest BCUT2D eigenvalue weighted by Crippen LogP contribution is 2.23. The molecule has 2 heterocycles. The lowest BCUT2D eigenvalue weighted by Crippen LogP contribution is -2.06. The number of primary amides is 1. The molecular formula is C15H19N5O. The van der Waals surface area contributed by atoms with E-state index in [-0.39, 0.29) is 0 Å². The number of amides is 1. The van der Waals surface area contributed by atoms with E-state index in [0.29, 0.717) is 12.1 Å². The van der Waals surface area contributed by atoms with Crippen LogP contribution in [0.15, 0.2) is 12.4 Å². The molecule has 0 saturated carbocycles. The Hall–Kier alpha value is -2.55. The molecule has 0 saturated heterocycles. The van der Waals surface area contributed by atoms with Crippen LogP contribution < -0.4 is 11.5 Å². The van der Waals surface area contributed by atoms with Crippen molar-refractivity contribution in [1.82, 2.24) is 14.8 Å². The number of fused-ring (bicyclic) bond motifs is 1. The second kappa shape index (κ2) is 6.75. The van der Waals surface area contributed by atoms with Gasteiger partial charge in [0.25, 0.3) is 5.91 Å². The lowest BCUT2D eigenvalue weighted by atomic mass is 10.1. The van der Waals surface area contributed by atoms with Gasteiger partial charge in [-0.3, -0.25) is 4.79 Å². The van der Waals surface area contributed by atoms with Crippen molar-refractivity contribution in [3.8, 4) is 11.8 Å². The fraction of sp³-hybridized carbons (Fsp3) is 0.400. The third-order valence-electron chi connectivity index (χ3n) is 3.25. The number of hydrogen-bond acceptors (Lipinski definition) is 4. The minimum absolute atomic E-state index is 0.346. The summed E-state index contributed by atoms with van der Waals surface area (Å²) in [4.78, 5) is 15.0. The molecule has 2 rings (SSSR count). The van der Waals surface area contributed by atoms with Crippen LogP contribution in [0.5, 0.6) is 0 Å². The second-order valence-electron chi connectivity index (χ2n) is 4.85. The molecule has 0 atom stereocenters. The summed E-state index contributed by atoms with van der Waals surface area (Å²) in [6.45, 7) is 3.00. The average molecular weight is 285 g/mol. The van der Waals surface area contributed by atoms with Gasteiger partial charge in [0.15, 0.2) is 5.65 Å². The van der Waals surface area contributed by atoms with E-state index in [9.17, 15) is 4.79 Å². The van der Waals surface area contributed by atoms with Crippen LogP contribution in [0.4, 0.5) is 5.69 Å². The first-order valence-electron chi connectivity index (χ1n) is 7.00. The van der Waals surface area contributed by atoms with Crippen LogP contribution in [-0.2, 0) is 17.8 Å². The summed E-state index contributed by atoms with van der Waals surface area (Å²) in [7, 11) is 0. The zero-order valence-electron chi connectivity index (χ0n) is 12.1. The van der Waals surface area contributed by atoms with Gasteiger partial charge in [0.1, 0.15) is 0 Å². The van der Waals surface area contributed by atoms with Crippen molar-refractivity contribution < 1.29 is 4.79 Å². The molecule has 2 aromatic heterocycles. The number of aromatic nitrogens is 3. The molecule has 0 aromatic carbocycles. The molecule has 110 valence electrons. The Labute approximate surface area is 123 Å². The van der Waals surface area contributed by atoms with E-state index in [2.05, 4.69) is 28.8 Å². The van der Waals surface area contributed by atoms with Gasteiger partial charge in [-0.2, -0.15) is 5.10 Å². The number of rotatable bonds is 5. The number of aryl methyl sites for hydroxylation is 1. The van der Waals surface area contributed by atoms with Crippen molar-refractivity contribution in [3.05, 3.63) is 18.0 Å². The molecule has 0 spiro atoms. The number of nitrogens with zero attached hydrogens (tertiary/aromatic N) is 3. The highest BCUT2D eigenvalue weighted by molar-refractivity contribution is 5.92. The standard InChI is InChI=1S/C15H19N5O/c1-2-3-4-8-20-15-12(10-19-20)14(17)11(9-18-15)6-5-7-13(16)21/h9-10H,2-4,6,8H2,1H3,(H2,16,21)(H2,17,18). The molecule has 6 nitrogen and oxygen atoms in total. The third-order valence-corrected chi connectivity index (χ3v) is 3.25. The van der Waals surface area contributed by atoms with Crippen LogP contribution >= 0.6 is 0 Å². The fourth-order valence-electron chi connectivity index (χ4n) is 2.13. The summed E-state index contributed by atoms with van der Waals surface area (Å²) >= 11 is 0. The first-order chi connectivity index (χ1) is 10.1. The Bertz CT molecular complexity index is 708. The zero-order valence-corrected chi connectivity index (χ0v) is 12.1. The lowest BCUT2D eigenvalue weighted by molar-refractivity contribution is -0.112. The quantitative estimate of drug-likeness (QED) is 0.637. The van der Waals surface area contributed by atoms with E-state index in [0.717, 1.165) is 42.4 Å². The maximum absolute atomic E-state index is 10.6. The number of carbonyl (C=O) groups is 1. The molecule has 6 heteroatoms. The normalized spacial score (nSPS) is 10.3. The lowest BCUT2D eigenvalue weighted by Gasteiger charge is -2.05. The van der Waals surface area contributed by atoms with Crippen molar-refractivity contribution in [3.63, 3.8) is 0 Å². The Morgan fingerprint density at radius 1 is 1.38 bits per heavy atom. The first kappa shape index (κ1) is 14.9. The van der Waals surface area contributed by atoms with E-state index in [4.69, 9.17) is 11.5 Å². The Morgan fingerprint density at radius 3 is 2.90 bits per heavy atom. The summed E-state index contributed by atoms with van der Waals surface area (Å²) in [5.41, 5.74) is 13.3. The number of hydrogen-bond donors (Lipinski definition) is 2. The largest absolute Gasteiger partial charge is 0.398 e. The number of carbonyl (C=O) groups excluding carboxylic acids is 1. The van der Waals surface area contributed by atoms with Gasteiger partial charge in [-0.15, -0.1) is 0 Å². The highest BCUT2D eigenvalue weighted by Gasteiger charge is 2.10. The molecule has 21 heavy (non-hydrogen) atoms. The Kier molecular flexibility index (Phi) is 4.77. The molecule has 0 unspecified atom stereocenters. The molecule has 1 amide bonds. The predicted octanol–water partition coefficient (Wildman–Crippen LogP) is 1.23. The first-order valence-corrected chi connectivity index (χ1v) is 7.00. The number of anilines is 1. The van der Waals surface area contributed by atoms with Gasteiger partial charge in [0, 0.05) is 30.4 Å². The topological polar surface area (TPSA) is 99.8 Å². The van der Waals surface area contributed by atoms with Crippen LogP contribution in [0, 0.1) is 11.8 Å². The van der Waals surface area contributed by atoms with Crippen molar-refractivity contribution in [1.29, 1.82) is 0 Å². The molecule has 0 fully saturated rings. The van der Waals surface area contributed by atoms with Crippen molar-refractivity contribution >= 4 is 22.6 Å². The maximum atomic E-state index is 10.6. The van der Waals surface area contributed by atoms with Crippen molar-refractivity contribution in [2.24, 2.45) is 5.73 Å². The van der Waals surface area contributed by atoms with Crippen LogP contribution in [0.25, 0.3) is 11.0 Å². The maximum Gasteiger partial charge on any atom is 0.293 e. The smallest absolute Gasteiger partial charge is 0.293 e. The Balaban J connectivity index is 2.23. The zero-order chi connectivity index (χ0) is 15.2. The van der Waals surface area contributed by atoms with Gasteiger partial charge < -0.3 is 11.5 Å². The minimum atomic E-state index is -0.647. The number of unbranched alkanes of at least 4 members (excludes halogenated alkanes) is 2. The van der Waals surface area contributed by atoms with Crippen LogP contribution in [-0.4, -0.2) is 20.7 Å². The second-order valence-corrected chi connectivity index (χ2v) is 4.85. The van der Waals surface area contributed by atoms with E-state index in [1.807, 2.05) is 4.68 Å². The molecule has 0 aliphatic heterocycles. The van der Waals surface area contributed by atoms with Crippen LogP contribution in [0.1, 0.15) is 31.7 Å². The van der Waals surface area contributed by atoms with Gasteiger partial charge in [-0.25, -0.2) is 9.67 Å². The minimum Gasteiger partial charge on any atom is -0.398 e. The van der Waals surface area contributed by atoms with E-state index in [1.165, 1.54) is 0 Å². The molecular weight excluding hydrogens is 266 g/mol. The third kappa shape index (κ3) is 3.51. The Morgan fingerprint density at radius 2 is 2.19 bits per heavy atom. The number of pyridine rings is 1. The van der Waals surface area contributed by atoms with Crippen LogP contribution in [0.3, 0.4) is 0 Å². The SMILES string of the molecule is CCCCCn1ncc2c(N)c(CC#CC(N)=O)cnc21. The number of nitrogens with two attached hydrogens (primary N) is 2. The summed E-state index contributed by atoms with van der Waals surface area (Å²) in [5.74, 6) is 4.33. The van der Waals surface area contributed by atoms with Crippen LogP contribution in [0.2, 0.25) is 0 Å². The monoisotopic (exact) mass is 285 g/mol. The summed E-state index contributed by atoms with van der Waals surface area (Å²) in [6, 6.07) is 0.